The molecule has 0 aliphatic rings. The first-order chi connectivity index (χ1) is 10.4. The van der Waals surface area contributed by atoms with Crippen LogP contribution in [0.15, 0.2) is 59.8 Å². The third-order valence-electron chi connectivity index (χ3n) is 3.50. The molecule has 0 saturated heterocycles. The zero-order chi connectivity index (χ0) is 16.2. The van der Waals surface area contributed by atoms with Crippen LogP contribution in [0.1, 0.15) is 37.5 Å². The van der Waals surface area contributed by atoms with Crippen molar-refractivity contribution >= 4 is 11.8 Å². The minimum atomic E-state index is 0.0861. The molecule has 0 radical (unpaired) electrons. The predicted molar refractivity (Wildman–Crippen MR) is 90.6 cm³/mol. The Bertz CT molecular complexity index is 692. The average Bonchev–Trinajstić information content (AvgIpc) is 2.49. The van der Waals surface area contributed by atoms with Crippen LogP contribution >= 0.6 is 0 Å². The summed E-state index contributed by atoms with van der Waals surface area (Å²) < 4.78 is 0. The summed E-state index contributed by atoms with van der Waals surface area (Å²) in [5, 5.41) is 22.2. The van der Waals surface area contributed by atoms with Gasteiger partial charge in [-0.05, 0) is 34.8 Å². The number of aromatic hydroxyl groups is 1. The molecule has 2 rings (SSSR count). The van der Waals surface area contributed by atoms with Gasteiger partial charge in [0, 0.05) is 5.56 Å². The molecule has 22 heavy (non-hydrogen) atoms. The second-order valence-electron chi connectivity index (χ2n) is 6.21. The van der Waals surface area contributed by atoms with E-state index in [2.05, 4.69) is 38.1 Å². The van der Waals surface area contributed by atoms with Gasteiger partial charge in [-0.2, -0.15) is 0 Å². The number of hydrogen-bond acceptors (Lipinski definition) is 3. The number of phenolic OH excluding ortho intramolecular Hbond substituents is 1. The fraction of sp³-hybridized carbons (Fsp3) is 0.211. The van der Waals surface area contributed by atoms with E-state index >= 15 is 0 Å². The van der Waals surface area contributed by atoms with Crippen molar-refractivity contribution in [1.29, 1.82) is 0 Å². The van der Waals surface area contributed by atoms with E-state index in [1.807, 2.05) is 18.2 Å². The number of nitrogens with zero attached hydrogens (tertiary/aromatic N) is 1. The molecular formula is C19H21NO2. The number of para-hydroxylation sites is 1. The Kier molecular flexibility index (Phi) is 4.66. The fourth-order valence-electron chi connectivity index (χ4n) is 2.14. The Morgan fingerprint density at radius 1 is 1.00 bits per heavy atom. The maximum Gasteiger partial charge on any atom is 0.125 e. The SMILES string of the molecule is CC(C)(C)c1ccc(C=CC(=NO)c2ccccc2O)cc1. The van der Waals surface area contributed by atoms with Crippen LogP contribution in [0.5, 0.6) is 5.75 Å². The highest BCUT2D eigenvalue weighted by Crippen LogP contribution is 2.23. The standard InChI is InChI=1S/C19H21NO2/c1-19(2,3)15-11-8-14(9-12-15)10-13-17(20-22)16-6-4-5-7-18(16)21/h4-13,21-22H,1-3H3. The first kappa shape index (κ1) is 15.8. The van der Waals surface area contributed by atoms with Gasteiger partial charge in [0.25, 0.3) is 0 Å². The van der Waals surface area contributed by atoms with Gasteiger partial charge in [-0.1, -0.05) is 68.4 Å². The summed E-state index contributed by atoms with van der Waals surface area (Å²) in [6.07, 6.45) is 3.54. The molecule has 0 saturated carbocycles. The number of rotatable bonds is 3. The van der Waals surface area contributed by atoms with Gasteiger partial charge in [-0.3, -0.25) is 0 Å². The van der Waals surface area contributed by atoms with E-state index in [9.17, 15) is 5.11 Å². The molecular weight excluding hydrogens is 274 g/mol. The normalized spacial score (nSPS) is 12.8. The van der Waals surface area contributed by atoms with Crippen LogP contribution in [0.25, 0.3) is 6.08 Å². The number of allylic oxidation sites excluding steroid dienone is 1. The molecule has 0 aromatic heterocycles. The third kappa shape index (κ3) is 3.76. The van der Waals surface area contributed by atoms with Gasteiger partial charge in [0.2, 0.25) is 0 Å². The minimum absolute atomic E-state index is 0.0861. The molecule has 0 heterocycles. The van der Waals surface area contributed by atoms with E-state index in [1.165, 1.54) is 5.56 Å². The average molecular weight is 295 g/mol. The van der Waals surface area contributed by atoms with Crippen LogP contribution in [0.4, 0.5) is 0 Å². The molecule has 0 unspecified atom stereocenters. The number of benzene rings is 2. The highest BCUT2D eigenvalue weighted by Gasteiger charge is 2.12. The summed E-state index contributed by atoms with van der Waals surface area (Å²) in [6.45, 7) is 6.52. The van der Waals surface area contributed by atoms with Crippen molar-refractivity contribution in [2.75, 3.05) is 0 Å². The smallest absolute Gasteiger partial charge is 0.125 e. The van der Waals surface area contributed by atoms with Gasteiger partial charge < -0.3 is 10.3 Å². The molecule has 0 aliphatic heterocycles. The summed E-state index contributed by atoms with van der Waals surface area (Å²) in [6, 6.07) is 15.0. The topological polar surface area (TPSA) is 52.8 Å². The second kappa shape index (κ2) is 6.48. The number of hydrogen-bond donors (Lipinski definition) is 2. The van der Waals surface area contributed by atoms with Gasteiger partial charge in [0.1, 0.15) is 11.5 Å². The lowest BCUT2D eigenvalue weighted by Crippen LogP contribution is -2.10. The highest BCUT2D eigenvalue weighted by molar-refractivity contribution is 6.12. The van der Waals surface area contributed by atoms with E-state index in [-0.39, 0.29) is 11.2 Å². The van der Waals surface area contributed by atoms with Gasteiger partial charge in [-0.15, -0.1) is 0 Å². The molecule has 3 nitrogen and oxygen atoms in total. The molecule has 0 atom stereocenters. The van der Waals surface area contributed by atoms with Crippen LogP contribution < -0.4 is 0 Å². The fourth-order valence-corrected chi connectivity index (χ4v) is 2.14. The molecule has 0 bridgehead atoms. The maximum absolute atomic E-state index is 9.81. The predicted octanol–water partition coefficient (Wildman–Crippen LogP) is 4.58. The van der Waals surface area contributed by atoms with E-state index in [0.29, 0.717) is 11.3 Å². The Labute approximate surface area is 131 Å². The quantitative estimate of drug-likeness (QED) is 0.494. The van der Waals surface area contributed by atoms with Gasteiger partial charge >= 0.3 is 0 Å². The van der Waals surface area contributed by atoms with Crippen molar-refractivity contribution in [3.05, 3.63) is 71.3 Å². The Morgan fingerprint density at radius 3 is 2.18 bits per heavy atom. The lowest BCUT2D eigenvalue weighted by Gasteiger charge is -2.18. The summed E-state index contributed by atoms with van der Waals surface area (Å²) >= 11 is 0. The van der Waals surface area contributed by atoms with Crippen LogP contribution in [0, 0.1) is 0 Å². The minimum Gasteiger partial charge on any atom is -0.507 e. The maximum atomic E-state index is 9.81. The monoisotopic (exact) mass is 295 g/mol. The number of phenols is 1. The van der Waals surface area contributed by atoms with Crippen LogP contribution in [0.3, 0.4) is 0 Å². The van der Waals surface area contributed by atoms with Gasteiger partial charge in [0.15, 0.2) is 0 Å². The Balaban J connectivity index is 2.22. The van der Waals surface area contributed by atoms with E-state index in [4.69, 9.17) is 5.21 Å². The lowest BCUT2D eigenvalue weighted by molar-refractivity contribution is 0.319. The van der Waals surface area contributed by atoms with Gasteiger partial charge in [-0.25, -0.2) is 0 Å². The zero-order valence-corrected chi connectivity index (χ0v) is 13.1. The summed E-state index contributed by atoms with van der Waals surface area (Å²) in [5.74, 6) is 0.0861. The van der Waals surface area contributed by atoms with E-state index in [0.717, 1.165) is 5.56 Å². The zero-order valence-electron chi connectivity index (χ0n) is 13.1. The van der Waals surface area contributed by atoms with Crippen molar-refractivity contribution < 1.29 is 10.3 Å². The summed E-state index contributed by atoms with van der Waals surface area (Å²) in [7, 11) is 0. The van der Waals surface area contributed by atoms with Crippen molar-refractivity contribution in [1.82, 2.24) is 0 Å². The first-order valence-corrected chi connectivity index (χ1v) is 7.21. The molecule has 2 aromatic carbocycles. The summed E-state index contributed by atoms with van der Waals surface area (Å²) in [5.41, 5.74) is 3.20. The third-order valence-corrected chi connectivity index (χ3v) is 3.50. The van der Waals surface area contributed by atoms with Crippen molar-refractivity contribution in [3.63, 3.8) is 0 Å². The molecule has 0 aliphatic carbocycles. The van der Waals surface area contributed by atoms with Gasteiger partial charge in [0.05, 0.1) is 0 Å². The van der Waals surface area contributed by atoms with Crippen molar-refractivity contribution in [2.24, 2.45) is 5.16 Å². The van der Waals surface area contributed by atoms with Crippen molar-refractivity contribution in [3.8, 4) is 5.75 Å². The highest BCUT2D eigenvalue weighted by atomic mass is 16.4. The van der Waals surface area contributed by atoms with Crippen molar-refractivity contribution in [2.45, 2.75) is 26.2 Å². The van der Waals surface area contributed by atoms with Crippen LogP contribution in [-0.2, 0) is 5.41 Å². The molecule has 114 valence electrons. The molecule has 0 amide bonds. The molecule has 3 heteroatoms. The number of oxime groups is 1. The Morgan fingerprint density at radius 2 is 1.64 bits per heavy atom. The molecule has 2 N–H and O–H groups in total. The summed E-state index contributed by atoms with van der Waals surface area (Å²) in [4.78, 5) is 0. The molecule has 0 fully saturated rings. The van der Waals surface area contributed by atoms with E-state index in [1.54, 1.807) is 30.3 Å². The van der Waals surface area contributed by atoms with E-state index < -0.39 is 0 Å². The lowest BCUT2D eigenvalue weighted by atomic mass is 9.87. The molecule has 2 aromatic rings. The second-order valence-corrected chi connectivity index (χ2v) is 6.21. The largest absolute Gasteiger partial charge is 0.507 e. The van der Waals surface area contributed by atoms with Crippen LogP contribution in [-0.4, -0.2) is 16.0 Å². The molecule has 0 spiro atoms. The van der Waals surface area contributed by atoms with Crippen LogP contribution in [0.2, 0.25) is 0 Å². The Hall–Kier alpha value is -2.55. The first-order valence-electron chi connectivity index (χ1n) is 7.21.